The molecule has 0 aromatic heterocycles. The molecule has 9 atom stereocenters. The molecule has 0 unspecified atom stereocenters. The Morgan fingerprint density at radius 1 is 1.00 bits per heavy atom. The highest BCUT2D eigenvalue weighted by atomic mass is 16.3. The van der Waals surface area contributed by atoms with Gasteiger partial charge in [-0.2, -0.15) is 0 Å². The molecule has 128 valence electrons. The van der Waals surface area contributed by atoms with Crippen LogP contribution in [0.5, 0.6) is 0 Å². The minimum absolute atomic E-state index is 0.00704. The zero-order valence-corrected chi connectivity index (χ0v) is 15.2. The molecule has 0 radical (unpaired) electrons. The topological polar surface area (TPSA) is 20.2 Å². The van der Waals surface area contributed by atoms with E-state index < -0.39 is 0 Å². The van der Waals surface area contributed by atoms with Crippen LogP contribution in [0.15, 0.2) is 11.6 Å². The molecule has 5 aliphatic carbocycles. The van der Waals surface area contributed by atoms with E-state index in [1.807, 2.05) is 5.57 Å². The summed E-state index contributed by atoms with van der Waals surface area (Å²) in [6.45, 7) is 7.53. The molecule has 1 nitrogen and oxygen atoms in total. The lowest BCUT2D eigenvalue weighted by Gasteiger charge is -2.61. The molecular formula is C22H34O. The molecule has 0 aromatic carbocycles. The fourth-order valence-corrected chi connectivity index (χ4v) is 8.55. The highest BCUT2D eigenvalue weighted by Gasteiger charge is 2.68. The lowest BCUT2D eigenvalue weighted by Crippen LogP contribution is -2.54. The van der Waals surface area contributed by atoms with Gasteiger partial charge in [-0.1, -0.05) is 25.5 Å². The Morgan fingerprint density at radius 3 is 2.61 bits per heavy atom. The van der Waals surface area contributed by atoms with E-state index in [9.17, 15) is 5.11 Å². The first-order chi connectivity index (χ1) is 11.0. The van der Waals surface area contributed by atoms with E-state index in [-0.39, 0.29) is 6.10 Å². The second-order valence-corrected chi connectivity index (χ2v) is 10.2. The average molecular weight is 315 g/mol. The smallest absolute Gasteiger partial charge is 0.0543 e. The van der Waals surface area contributed by atoms with Gasteiger partial charge >= 0.3 is 0 Å². The Bertz CT molecular complexity index is 550. The zero-order chi connectivity index (χ0) is 16.0. The maximum atomic E-state index is 10.2. The molecule has 0 bridgehead atoms. The van der Waals surface area contributed by atoms with E-state index in [1.165, 1.54) is 38.5 Å². The lowest BCUT2D eigenvalue weighted by atomic mass is 9.44. The van der Waals surface area contributed by atoms with Gasteiger partial charge in [0, 0.05) is 0 Å². The first-order valence-electron chi connectivity index (χ1n) is 10.3. The summed E-state index contributed by atoms with van der Waals surface area (Å²) in [6.07, 6.45) is 13.2. The number of allylic oxidation sites excluding steroid dienone is 2. The van der Waals surface area contributed by atoms with Gasteiger partial charge in [0.15, 0.2) is 0 Å². The van der Waals surface area contributed by atoms with E-state index in [2.05, 4.69) is 26.8 Å². The fourth-order valence-electron chi connectivity index (χ4n) is 8.55. The minimum atomic E-state index is -0.00704. The van der Waals surface area contributed by atoms with Crippen molar-refractivity contribution in [3.63, 3.8) is 0 Å². The van der Waals surface area contributed by atoms with Crippen molar-refractivity contribution in [2.75, 3.05) is 0 Å². The van der Waals surface area contributed by atoms with Crippen LogP contribution >= 0.6 is 0 Å². The molecule has 0 spiro atoms. The maximum absolute atomic E-state index is 10.2. The van der Waals surface area contributed by atoms with Gasteiger partial charge in [0.25, 0.3) is 0 Å². The molecule has 0 saturated heterocycles. The maximum Gasteiger partial charge on any atom is 0.0543 e. The van der Waals surface area contributed by atoms with Crippen LogP contribution in [0.3, 0.4) is 0 Å². The number of rotatable bonds is 0. The summed E-state index contributed by atoms with van der Waals surface area (Å²) in [6, 6.07) is 0. The number of aliphatic hydroxyl groups is 1. The van der Waals surface area contributed by atoms with Crippen molar-refractivity contribution in [3.05, 3.63) is 11.6 Å². The molecule has 5 aliphatic rings. The Labute approximate surface area is 141 Å². The molecule has 1 heteroatoms. The van der Waals surface area contributed by atoms with Crippen molar-refractivity contribution in [1.82, 2.24) is 0 Å². The first-order valence-corrected chi connectivity index (χ1v) is 10.3. The van der Waals surface area contributed by atoms with E-state index in [0.717, 1.165) is 48.3 Å². The minimum Gasteiger partial charge on any atom is -0.393 e. The molecule has 0 amide bonds. The SMILES string of the molecule is C/C=C1/[C@H]2C[C@H]2[C@H]2[C@@H]3CC[C@H]4C[C@@H](O)CC[C@]4(C)[C@H]3CC[C@]12C. The second-order valence-electron chi connectivity index (χ2n) is 10.2. The highest BCUT2D eigenvalue weighted by molar-refractivity contribution is 5.34. The first kappa shape index (κ1) is 15.0. The summed E-state index contributed by atoms with van der Waals surface area (Å²) >= 11 is 0. The van der Waals surface area contributed by atoms with Gasteiger partial charge < -0.3 is 5.11 Å². The molecule has 0 aromatic rings. The van der Waals surface area contributed by atoms with Crippen LogP contribution in [0.25, 0.3) is 0 Å². The van der Waals surface area contributed by atoms with E-state index in [1.54, 1.807) is 0 Å². The number of hydrogen-bond donors (Lipinski definition) is 1. The summed E-state index contributed by atoms with van der Waals surface area (Å²) in [4.78, 5) is 0. The predicted molar refractivity (Wildman–Crippen MR) is 93.9 cm³/mol. The van der Waals surface area contributed by atoms with Crippen LogP contribution in [0, 0.1) is 46.3 Å². The van der Waals surface area contributed by atoms with Gasteiger partial charge in [-0.05, 0) is 105 Å². The quantitative estimate of drug-likeness (QED) is 0.610. The van der Waals surface area contributed by atoms with Gasteiger partial charge in [-0.15, -0.1) is 0 Å². The average Bonchev–Trinajstić information content (AvgIpc) is 3.23. The molecule has 1 N–H and O–H groups in total. The molecule has 0 aliphatic heterocycles. The van der Waals surface area contributed by atoms with Gasteiger partial charge in [-0.25, -0.2) is 0 Å². The van der Waals surface area contributed by atoms with Crippen LogP contribution in [0.4, 0.5) is 0 Å². The van der Waals surface area contributed by atoms with Crippen LogP contribution < -0.4 is 0 Å². The third kappa shape index (κ3) is 1.78. The van der Waals surface area contributed by atoms with Crippen molar-refractivity contribution in [1.29, 1.82) is 0 Å². The highest BCUT2D eigenvalue weighted by Crippen LogP contribution is 2.75. The Balaban J connectivity index is 1.49. The number of fused-ring (bicyclic) bond motifs is 7. The summed E-state index contributed by atoms with van der Waals surface area (Å²) in [5.41, 5.74) is 2.92. The summed E-state index contributed by atoms with van der Waals surface area (Å²) in [7, 11) is 0. The summed E-state index contributed by atoms with van der Waals surface area (Å²) < 4.78 is 0. The van der Waals surface area contributed by atoms with Crippen molar-refractivity contribution >= 4 is 0 Å². The summed E-state index contributed by atoms with van der Waals surface area (Å²) in [5.74, 6) is 5.72. The monoisotopic (exact) mass is 314 g/mol. The standard InChI is InChI=1S/C22H34O/c1-4-18-16-12-17(16)20-15-6-5-13-11-14(23)7-9-21(13,2)19(15)8-10-22(18,20)3/h4,13-17,19-20,23H,5-12H2,1-3H3/b18-4-/t13-,14-,15+,16-,17+,19-,20+,21-,22+/m0/s1. The van der Waals surface area contributed by atoms with E-state index in [4.69, 9.17) is 0 Å². The third-order valence-corrected chi connectivity index (χ3v) is 9.56. The van der Waals surface area contributed by atoms with Gasteiger partial charge in [0.2, 0.25) is 0 Å². The predicted octanol–water partition coefficient (Wildman–Crippen LogP) is 5.19. The Hall–Kier alpha value is -0.300. The number of hydrogen-bond acceptors (Lipinski definition) is 1. The van der Waals surface area contributed by atoms with Crippen molar-refractivity contribution in [2.45, 2.75) is 78.2 Å². The van der Waals surface area contributed by atoms with Crippen LogP contribution in [-0.4, -0.2) is 11.2 Å². The Morgan fingerprint density at radius 2 is 1.83 bits per heavy atom. The molecule has 5 saturated carbocycles. The van der Waals surface area contributed by atoms with Gasteiger partial charge in [0.05, 0.1) is 6.10 Å². The third-order valence-electron chi connectivity index (χ3n) is 9.56. The molecule has 5 rings (SSSR count). The largest absolute Gasteiger partial charge is 0.393 e. The van der Waals surface area contributed by atoms with Crippen LogP contribution in [0.2, 0.25) is 0 Å². The second kappa shape index (κ2) is 4.65. The molecular weight excluding hydrogens is 280 g/mol. The normalized spacial score (nSPS) is 62.3. The Kier molecular flexibility index (Phi) is 3.03. The van der Waals surface area contributed by atoms with Crippen molar-refractivity contribution in [2.24, 2.45) is 46.3 Å². The molecule has 0 heterocycles. The van der Waals surface area contributed by atoms with Crippen molar-refractivity contribution in [3.8, 4) is 0 Å². The fraction of sp³-hybridized carbons (Fsp3) is 0.909. The zero-order valence-electron chi connectivity index (χ0n) is 15.2. The van der Waals surface area contributed by atoms with Gasteiger partial charge in [0.1, 0.15) is 0 Å². The van der Waals surface area contributed by atoms with Crippen molar-refractivity contribution < 1.29 is 5.11 Å². The molecule has 5 fully saturated rings. The van der Waals surface area contributed by atoms with E-state index >= 15 is 0 Å². The van der Waals surface area contributed by atoms with Gasteiger partial charge in [-0.3, -0.25) is 0 Å². The molecule has 23 heavy (non-hydrogen) atoms. The number of aliphatic hydroxyl groups excluding tert-OH is 1. The summed E-state index contributed by atoms with van der Waals surface area (Å²) in [5, 5.41) is 10.2. The van der Waals surface area contributed by atoms with Crippen LogP contribution in [-0.2, 0) is 0 Å². The van der Waals surface area contributed by atoms with E-state index in [0.29, 0.717) is 10.8 Å². The van der Waals surface area contributed by atoms with Crippen LogP contribution in [0.1, 0.15) is 72.1 Å². The lowest BCUT2D eigenvalue weighted by molar-refractivity contribution is -0.121.